The van der Waals surface area contributed by atoms with Crippen LogP contribution in [0.2, 0.25) is 0 Å². The summed E-state index contributed by atoms with van der Waals surface area (Å²) in [7, 11) is 1.76. The molecule has 3 heterocycles. The number of hydrogen-bond acceptors (Lipinski definition) is 5. The summed E-state index contributed by atoms with van der Waals surface area (Å²) < 4.78 is 11.6. The van der Waals surface area contributed by atoms with E-state index in [1.165, 1.54) is 18.4 Å². The zero-order valence-electron chi connectivity index (χ0n) is 18.0. The Labute approximate surface area is 200 Å². The van der Waals surface area contributed by atoms with Gasteiger partial charge in [-0.05, 0) is 45.0 Å². The van der Waals surface area contributed by atoms with Gasteiger partial charge in [0.1, 0.15) is 5.76 Å². The maximum absolute atomic E-state index is 5.89. The van der Waals surface area contributed by atoms with Gasteiger partial charge in [0.15, 0.2) is 11.7 Å². The van der Waals surface area contributed by atoms with Crippen molar-refractivity contribution in [1.29, 1.82) is 0 Å². The number of aromatic nitrogens is 1. The van der Waals surface area contributed by atoms with Crippen LogP contribution < -0.4 is 10.6 Å². The van der Waals surface area contributed by atoms with Crippen molar-refractivity contribution >= 4 is 29.9 Å². The number of benzene rings is 1. The third kappa shape index (κ3) is 6.10. The van der Waals surface area contributed by atoms with Crippen molar-refractivity contribution in [3.05, 3.63) is 66.1 Å². The molecule has 31 heavy (non-hydrogen) atoms. The van der Waals surface area contributed by atoms with Gasteiger partial charge in [-0.2, -0.15) is 0 Å². The summed E-state index contributed by atoms with van der Waals surface area (Å²) in [5.74, 6) is 3.08. The van der Waals surface area contributed by atoms with Gasteiger partial charge in [0.25, 0.3) is 0 Å². The van der Waals surface area contributed by atoms with Crippen LogP contribution in [0.5, 0.6) is 0 Å². The van der Waals surface area contributed by atoms with E-state index in [0.717, 1.165) is 30.2 Å². The molecular weight excluding hydrogens is 505 g/mol. The van der Waals surface area contributed by atoms with Crippen molar-refractivity contribution in [3.63, 3.8) is 0 Å². The van der Waals surface area contributed by atoms with Crippen LogP contribution in [-0.2, 0) is 6.54 Å². The van der Waals surface area contributed by atoms with Gasteiger partial charge in [0, 0.05) is 19.2 Å². The highest BCUT2D eigenvalue weighted by atomic mass is 127. The Morgan fingerprint density at radius 1 is 1.16 bits per heavy atom. The number of likely N-dealkylation sites (tertiary alicyclic amines) is 1. The molecule has 8 heteroatoms. The number of rotatable bonds is 7. The minimum atomic E-state index is 0. The number of furan rings is 1. The molecule has 0 radical (unpaired) electrons. The summed E-state index contributed by atoms with van der Waals surface area (Å²) >= 11 is 0. The first-order valence-electron chi connectivity index (χ1n) is 10.5. The number of halogens is 1. The minimum absolute atomic E-state index is 0. The number of aryl methyl sites for hydroxylation is 1. The van der Waals surface area contributed by atoms with Crippen LogP contribution in [0.15, 0.2) is 62.7 Å². The van der Waals surface area contributed by atoms with Crippen molar-refractivity contribution in [2.75, 3.05) is 26.7 Å². The maximum atomic E-state index is 5.89. The first-order valence-corrected chi connectivity index (χ1v) is 10.5. The molecule has 1 aromatic carbocycles. The zero-order valence-corrected chi connectivity index (χ0v) is 20.3. The Morgan fingerprint density at radius 2 is 1.94 bits per heavy atom. The van der Waals surface area contributed by atoms with Crippen molar-refractivity contribution in [2.24, 2.45) is 4.99 Å². The predicted octanol–water partition coefficient (Wildman–Crippen LogP) is 4.36. The van der Waals surface area contributed by atoms with Crippen LogP contribution in [0, 0.1) is 6.92 Å². The summed E-state index contributed by atoms with van der Waals surface area (Å²) in [4.78, 5) is 11.2. The van der Waals surface area contributed by atoms with Crippen LogP contribution in [0.3, 0.4) is 0 Å². The molecule has 1 aliphatic rings. The molecule has 0 aliphatic carbocycles. The number of hydrogen-bond donors (Lipinski definition) is 2. The molecule has 4 rings (SSSR count). The lowest BCUT2D eigenvalue weighted by molar-refractivity contribution is 0.215. The van der Waals surface area contributed by atoms with Crippen LogP contribution in [0.4, 0.5) is 0 Å². The van der Waals surface area contributed by atoms with Crippen molar-refractivity contribution < 1.29 is 8.83 Å². The first kappa shape index (κ1) is 23.3. The van der Waals surface area contributed by atoms with Crippen LogP contribution >= 0.6 is 24.0 Å². The lowest BCUT2D eigenvalue weighted by Crippen LogP contribution is -2.42. The summed E-state index contributed by atoms with van der Waals surface area (Å²) in [5.41, 5.74) is 2.24. The second-order valence-corrected chi connectivity index (χ2v) is 7.57. The zero-order chi connectivity index (χ0) is 20.8. The summed E-state index contributed by atoms with van der Waals surface area (Å²) in [6.07, 6.45) is 5.97. The average molecular weight is 535 g/mol. The molecule has 1 aliphatic heterocycles. The maximum Gasteiger partial charge on any atom is 0.214 e. The van der Waals surface area contributed by atoms with Gasteiger partial charge >= 0.3 is 0 Å². The van der Waals surface area contributed by atoms with Crippen LogP contribution in [-0.4, -0.2) is 42.5 Å². The van der Waals surface area contributed by atoms with E-state index in [0.29, 0.717) is 24.9 Å². The molecule has 1 fully saturated rings. The third-order valence-electron chi connectivity index (χ3n) is 5.44. The van der Waals surface area contributed by atoms with Crippen molar-refractivity contribution in [1.82, 2.24) is 20.5 Å². The standard InChI is InChI=1S/C23H29N5O2.HI/c1-17-7-9-18(10-8-17)21-15-25-22(30-21)16-27-23(24-2)26-14-19(20-6-5-13-29-20)28-11-3-4-12-28;/h5-10,13,15,19H,3-4,11-12,14,16H2,1-2H3,(H2,24,26,27);1H. The van der Waals surface area contributed by atoms with Gasteiger partial charge in [-0.25, -0.2) is 4.98 Å². The number of oxazole rings is 1. The number of nitrogens with one attached hydrogen (secondary N) is 2. The fraction of sp³-hybridized carbons (Fsp3) is 0.391. The second-order valence-electron chi connectivity index (χ2n) is 7.57. The molecule has 0 amide bonds. The van der Waals surface area contributed by atoms with Crippen LogP contribution in [0.25, 0.3) is 11.3 Å². The van der Waals surface area contributed by atoms with Gasteiger partial charge in [-0.15, -0.1) is 24.0 Å². The molecule has 0 saturated carbocycles. The Bertz CT molecular complexity index is 947. The Kier molecular flexibility index (Phi) is 8.53. The molecule has 1 atom stereocenters. The lowest BCUT2D eigenvalue weighted by Gasteiger charge is -2.26. The molecule has 3 aromatic rings. The molecular formula is C23H30IN5O2. The average Bonchev–Trinajstić information content (AvgIpc) is 3.54. The van der Waals surface area contributed by atoms with E-state index < -0.39 is 0 Å². The summed E-state index contributed by atoms with van der Waals surface area (Å²) in [6, 6.07) is 12.4. The van der Waals surface area contributed by atoms with E-state index in [1.54, 1.807) is 19.5 Å². The predicted molar refractivity (Wildman–Crippen MR) is 133 cm³/mol. The lowest BCUT2D eigenvalue weighted by atomic mass is 10.1. The van der Waals surface area contributed by atoms with Gasteiger partial charge in [-0.3, -0.25) is 9.89 Å². The molecule has 7 nitrogen and oxygen atoms in total. The second kappa shape index (κ2) is 11.3. The number of nitrogens with zero attached hydrogens (tertiary/aromatic N) is 3. The van der Waals surface area contributed by atoms with E-state index in [-0.39, 0.29) is 30.0 Å². The SMILES string of the molecule is CN=C(NCc1ncc(-c2ccc(C)cc2)o1)NCC(c1ccco1)N1CCCC1.I. The fourth-order valence-electron chi connectivity index (χ4n) is 3.76. The van der Waals surface area contributed by atoms with E-state index in [2.05, 4.69) is 44.6 Å². The van der Waals surface area contributed by atoms with Gasteiger partial charge in [0.2, 0.25) is 5.89 Å². The Morgan fingerprint density at radius 3 is 2.61 bits per heavy atom. The van der Waals surface area contributed by atoms with Crippen molar-refractivity contribution in [2.45, 2.75) is 32.4 Å². The Hall–Kier alpha value is -2.33. The van der Waals surface area contributed by atoms with Gasteiger partial charge < -0.3 is 19.5 Å². The van der Waals surface area contributed by atoms with E-state index in [1.807, 2.05) is 24.3 Å². The molecule has 2 N–H and O–H groups in total. The summed E-state index contributed by atoms with van der Waals surface area (Å²) in [6.45, 7) is 5.43. The highest BCUT2D eigenvalue weighted by Crippen LogP contribution is 2.25. The molecule has 0 spiro atoms. The van der Waals surface area contributed by atoms with E-state index in [4.69, 9.17) is 8.83 Å². The Balaban J connectivity index is 0.00000272. The fourth-order valence-corrected chi connectivity index (χ4v) is 3.76. The monoisotopic (exact) mass is 535 g/mol. The van der Waals surface area contributed by atoms with Gasteiger partial charge in [-0.1, -0.05) is 29.8 Å². The first-order chi connectivity index (χ1) is 14.7. The van der Waals surface area contributed by atoms with E-state index in [9.17, 15) is 0 Å². The quantitative estimate of drug-likeness (QED) is 0.266. The highest BCUT2D eigenvalue weighted by Gasteiger charge is 2.25. The van der Waals surface area contributed by atoms with E-state index >= 15 is 0 Å². The van der Waals surface area contributed by atoms with Crippen molar-refractivity contribution in [3.8, 4) is 11.3 Å². The molecule has 1 unspecified atom stereocenters. The minimum Gasteiger partial charge on any atom is -0.468 e. The molecule has 2 aromatic heterocycles. The third-order valence-corrected chi connectivity index (χ3v) is 5.44. The highest BCUT2D eigenvalue weighted by molar-refractivity contribution is 14.0. The largest absolute Gasteiger partial charge is 0.468 e. The molecule has 1 saturated heterocycles. The number of guanidine groups is 1. The number of aliphatic imine (C=N–C) groups is 1. The smallest absolute Gasteiger partial charge is 0.214 e. The summed E-state index contributed by atoms with van der Waals surface area (Å²) in [5, 5.41) is 6.70. The molecule has 166 valence electrons. The normalized spacial score (nSPS) is 15.5. The molecule has 0 bridgehead atoms. The van der Waals surface area contributed by atoms with Crippen LogP contribution in [0.1, 0.15) is 36.1 Å². The van der Waals surface area contributed by atoms with Gasteiger partial charge in [0.05, 0.1) is 25.0 Å². The topological polar surface area (TPSA) is 78.8 Å².